The van der Waals surface area contributed by atoms with Crippen molar-refractivity contribution in [2.45, 2.75) is 26.2 Å². The highest BCUT2D eigenvalue weighted by molar-refractivity contribution is 5.39. The van der Waals surface area contributed by atoms with Crippen molar-refractivity contribution in [3.05, 3.63) is 42.2 Å². The maximum Gasteiger partial charge on any atom is 0.121 e. The molecule has 1 aromatic heterocycles. The van der Waals surface area contributed by atoms with Crippen molar-refractivity contribution >= 4 is 0 Å². The second-order valence-corrected chi connectivity index (χ2v) is 5.13. The van der Waals surface area contributed by atoms with E-state index in [0.717, 1.165) is 11.4 Å². The van der Waals surface area contributed by atoms with E-state index in [0.29, 0.717) is 0 Å². The normalized spacial score (nSPS) is 11.5. The van der Waals surface area contributed by atoms with Gasteiger partial charge in [-0.1, -0.05) is 26.8 Å². The number of nitrogens with zero attached hydrogens (tertiary/aromatic N) is 2. The number of ether oxygens (including phenoxy) is 1. The molecule has 0 atom stereocenters. The van der Waals surface area contributed by atoms with Crippen molar-refractivity contribution in [3.63, 3.8) is 0 Å². The van der Waals surface area contributed by atoms with Crippen molar-refractivity contribution in [1.82, 2.24) is 9.78 Å². The standard InChI is InChI=1S/C14H18N2O/c1-14(2,3)11-9-15-16(10-11)12-6-5-7-13(8-12)17-4/h5-10H,1-4H3. The molecule has 0 bridgehead atoms. The Morgan fingerprint density at radius 1 is 1.24 bits per heavy atom. The van der Waals surface area contributed by atoms with E-state index in [1.807, 2.05) is 35.1 Å². The second kappa shape index (κ2) is 4.24. The van der Waals surface area contributed by atoms with Crippen LogP contribution in [0.5, 0.6) is 5.75 Å². The van der Waals surface area contributed by atoms with E-state index in [2.05, 4.69) is 32.1 Å². The minimum atomic E-state index is 0.122. The second-order valence-electron chi connectivity index (χ2n) is 5.13. The Balaban J connectivity index is 2.37. The molecular weight excluding hydrogens is 212 g/mol. The molecule has 2 rings (SSSR count). The molecule has 0 unspecified atom stereocenters. The van der Waals surface area contributed by atoms with Crippen LogP contribution in [0.25, 0.3) is 5.69 Å². The number of aromatic nitrogens is 2. The number of hydrogen-bond acceptors (Lipinski definition) is 2. The van der Waals surface area contributed by atoms with Crippen LogP contribution in [-0.2, 0) is 5.41 Å². The third-order valence-electron chi connectivity index (χ3n) is 2.77. The van der Waals surface area contributed by atoms with Crippen LogP contribution >= 0.6 is 0 Å². The van der Waals surface area contributed by atoms with Crippen LogP contribution in [0.4, 0.5) is 0 Å². The molecular formula is C14H18N2O. The van der Waals surface area contributed by atoms with E-state index in [9.17, 15) is 0 Å². The topological polar surface area (TPSA) is 27.1 Å². The van der Waals surface area contributed by atoms with Gasteiger partial charge in [-0.3, -0.25) is 0 Å². The summed E-state index contributed by atoms with van der Waals surface area (Å²) < 4.78 is 7.09. The van der Waals surface area contributed by atoms with Crippen LogP contribution in [0, 0.1) is 0 Å². The minimum absolute atomic E-state index is 0.122. The summed E-state index contributed by atoms with van der Waals surface area (Å²) in [6.07, 6.45) is 3.98. The van der Waals surface area contributed by atoms with Crippen LogP contribution in [0.3, 0.4) is 0 Å². The number of methoxy groups -OCH3 is 1. The number of benzene rings is 1. The molecule has 3 nitrogen and oxygen atoms in total. The first kappa shape index (κ1) is 11.7. The Morgan fingerprint density at radius 3 is 2.59 bits per heavy atom. The highest BCUT2D eigenvalue weighted by Crippen LogP contribution is 2.23. The van der Waals surface area contributed by atoms with Crippen molar-refractivity contribution < 1.29 is 4.74 Å². The number of hydrogen-bond donors (Lipinski definition) is 0. The van der Waals surface area contributed by atoms with Gasteiger partial charge in [0.25, 0.3) is 0 Å². The van der Waals surface area contributed by atoms with Crippen LogP contribution < -0.4 is 4.74 Å². The molecule has 0 amide bonds. The summed E-state index contributed by atoms with van der Waals surface area (Å²) >= 11 is 0. The smallest absolute Gasteiger partial charge is 0.121 e. The Bertz CT molecular complexity index is 509. The third-order valence-corrected chi connectivity index (χ3v) is 2.77. The summed E-state index contributed by atoms with van der Waals surface area (Å²) in [5, 5.41) is 4.39. The molecule has 0 spiro atoms. The lowest BCUT2D eigenvalue weighted by molar-refractivity contribution is 0.414. The average Bonchev–Trinajstić information content (AvgIpc) is 2.78. The molecule has 90 valence electrons. The van der Waals surface area contributed by atoms with E-state index in [4.69, 9.17) is 4.74 Å². The Morgan fingerprint density at radius 2 is 2.00 bits per heavy atom. The van der Waals surface area contributed by atoms with Gasteiger partial charge >= 0.3 is 0 Å². The van der Waals surface area contributed by atoms with E-state index in [1.54, 1.807) is 7.11 Å². The zero-order chi connectivity index (χ0) is 12.5. The molecule has 0 N–H and O–H groups in total. The fourth-order valence-corrected chi connectivity index (χ4v) is 1.60. The Kier molecular flexibility index (Phi) is 2.92. The molecule has 0 saturated heterocycles. The van der Waals surface area contributed by atoms with Gasteiger partial charge < -0.3 is 4.74 Å². The lowest BCUT2D eigenvalue weighted by Gasteiger charge is -2.15. The van der Waals surface area contributed by atoms with Gasteiger partial charge in [-0.05, 0) is 23.1 Å². The summed E-state index contributed by atoms with van der Waals surface area (Å²) in [4.78, 5) is 0. The SMILES string of the molecule is COc1cccc(-n2cc(C(C)(C)C)cn2)c1. The summed E-state index contributed by atoms with van der Waals surface area (Å²) in [5.41, 5.74) is 2.36. The van der Waals surface area contributed by atoms with Gasteiger partial charge in [0, 0.05) is 12.3 Å². The third kappa shape index (κ3) is 2.49. The monoisotopic (exact) mass is 230 g/mol. The zero-order valence-corrected chi connectivity index (χ0v) is 10.8. The zero-order valence-electron chi connectivity index (χ0n) is 10.8. The fourth-order valence-electron chi connectivity index (χ4n) is 1.60. The molecule has 17 heavy (non-hydrogen) atoms. The van der Waals surface area contributed by atoms with Crippen LogP contribution in [0.15, 0.2) is 36.7 Å². The molecule has 2 aromatic rings. The number of rotatable bonds is 2. The first-order chi connectivity index (χ1) is 8.00. The van der Waals surface area contributed by atoms with E-state index in [1.165, 1.54) is 5.56 Å². The van der Waals surface area contributed by atoms with Crippen LogP contribution in [-0.4, -0.2) is 16.9 Å². The van der Waals surface area contributed by atoms with Crippen molar-refractivity contribution in [3.8, 4) is 11.4 Å². The predicted octanol–water partition coefficient (Wildman–Crippen LogP) is 3.18. The van der Waals surface area contributed by atoms with Gasteiger partial charge in [-0.15, -0.1) is 0 Å². The van der Waals surface area contributed by atoms with E-state index in [-0.39, 0.29) is 5.41 Å². The van der Waals surface area contributed by atoms with Crippen LogP contribution in [0.2, 0.25) is 0 Å². The molecule has 0 saturated carbocycles. The quantitative estimate of drug-likeness (QED) is 0.792. The van der Waals surface area contributed by atoms with Gasteiger partial charge in [-0.2, -0.15) is 5.10 Å². The highest BCUT2D eigenvalue weighted by Gasteiger charge is 2.15. The molecule has 0 aliphatic carbocycles. The molecule has 3 heteroatoms. The van der Waals surface area contributed by atoms with Gasteiger partial charge in [-0.25, -0.2) is 4.68 Å². The van der Waals surface area contributed by atoms with Gasteiger partial charge in [0.15, 0.2) is 0 Å². The Labute approximate surface area is 102 Å². The first-order valence-corrected chi connectivity index (χ1v) is 5.70. The van der Waals surface area contributed by atoms with Gasteiger partial charge in [0.1, 0.15) is 5.75 Å². The van der Waals surface area contributed by atoms with E-state index >= 15 is 0 Å². The largest absolute Gasteiger partial charge is 0.497 e. The molecule has 0 aliphatic heterocycles. The Hall–Kier alpha value is -1.77. The summed E-state index contributed by atoms with van der Waals surface area (Å²) in [6.45, 7) is 6.54. The van der Waals surface area contributed by atoms with Crippen LogP contribution in [0.1, 0.15) is 26.3 Å². The average molecular weight is 230 g/mol. The molecule has 0 aliphatic rings. The van der Waals surface area contributed by atoms with Crippen molar-refractivity contribution in [2.24, 2.45) is 0 Å². The fraction of sp³-hybridized carbons (Fsp3) is 0.357. The summed E-state index contributed by atoms with van der Waals surface area (Å²) in [6, 6.07) is 7.88. The summed E-state index contributed by atoms with van der Waals surface area (Å²) in [7, 11) is 1.67. The van der Waals surface area contributed by atoms with Crippen molar-refractivity contribution in [2.75, 3.05) is 7.11 Å². The predicted molar refractivity (Wildman–Crippen MR) is 68.8 cm³/mol. The molecule has 0 radical (unpaired) electrons. The lowest BCUT2D eigenvalue weighted by Crippen LogP contribution is -2.09. The molecule has 1 aromatic carbocycles. The first-order valence-electron chi connectivity index (χ1n) is 5.70. The van der Waals surface area contributed by atoms with Gasteiger partial charge in [0.05, 0.1) is 19.0 Å². The maximum absolute atomic E-state index is 5.21. The van der Waals surface area contributed by atoms with E-state index < -0.39 is 0 Å². The highest BCUT2D eigenvalue weighted by atomic mass is 16.5. The van der Waals surface area contributed by atoms with Crippen molar-refractivity contribution in [1.29, 1.82) is 0 Å². The molecule has 0 fully saturated rings. The maximum atomic E-state index is 5.21. The van der Waals surface area contributed by atoms with Gasteiger partial charge in [0.2, 0.25) is 0 Å². The lowest BCUT2D eigenvalue weighted by atomic mass is 9.90. The molecule has 1 heterocycles. The summed E-state index contributed by atoms with van der Waals surface area (Å²) in [5.74, 6) is 0.843. The minimum Gasteiger partial charge on any atom is -0.497 e.